The van der Waals surface area contributed by atoms with Gasteiger partial charge in [-0.3, -0.25) is 0 Å². The van der Waals surface area contributed by atoms with Crippen molar-refractivity contribution >= 4 is 0 Å². The Labute approximate surface area is 81.8 Å². The van der Waals surface area contributed by atoms with Crippen LogP contribution in [0.3, 0.4) is 0 Å². The zero-order chi connectivity index (χ0) is 11.4. The lowest BCUT2D eigenvalue weighted by Crippen LogP contribution is -2.47. The van der Waals surface area contributed by atoms with Gasteiger partial charge in [-0.15, -0.1) is 15.8 Å². The highest BCUT2D eigenvalue weighted by Crippen LogP contribution is 1.83. The maximum absolute atomic E-state index is 7.93. The van der Waals surface area contributed by atoms with Gasteiger partial charge in [0, 0.05) is 5.28 Å². The lowest BCUT2D eigenvalue weighted by molar-refractivity contribution is -0.533. The minimum atomic E-state index is 0.234. The van der Waals surface area contributed by atoms with Crippen molar-refractivity contribution in [3.05, 3.63) is 0 Å². The maximum atomic E-state index is 7.93. The quantitative estimate of drug-likeness (QED) is 0.207. The fourth-order valence-electron chi connectivity index (χ4n) is 0.245. The zero-order valence-electron chi connectivity index (χ0n) is 6.74. The molecule has 0 aromatic rings. The molecule has 0 aliphatic heterocycles. The summed E-state index contributed by atoms with van der Waals surface area (Å²) in [5.41, 5.74) is 3.36. The van der Waals surface area contributed by atoms with Gasteiger partial charge in [-0.05, 0) is 16.2 Å². The molecule has 0 aromatic carbocycles. The number of nitriles is 3. The SMILES string of the molecule is N#COONN(NOOC#N)OOC#N. The Morgan fingerprint density at radius 1 is 0.800 bits per heavy atom. The van der Waals surface area contributed by atoms with Crippen LogP contribution in [0.15, 0.2) is 0 Å². The Morgan fingerprint density at radius 3 is 1.67 bits per heavy atom. The van der Waals surface area contributed by atoms with Gasteiger partial charge in [0.2, 0.25) is 0 Å². The van der Waals surface area contributed by atoms with Crippen molar-refractivity contribution in [1.29, 1.82) is 15.8 Å². The Kier molecular flexibility index (Phi) is 8.18. The molecule has 12 nitrogen and oxygen atoms in total. The summed E-state index contributed by atoms with van der Waals surface area (Å²) in [4.78, 5) is 22.9. The molecule has 0 fully saturated rings. The van der Waals surface area contributed by atoms with Crippen LogP contribution in [0.4, 0.5) is 0 Å². The molecule has 0 saturated heterocycles. The Morgan fingerprint density at radius 2 is 1.27 bits per heavy atom. The van der Waals surface area contributed by atoms with Gasteiger partial charge in [0.25, 0.3) is 0 Å². The van der Waals surface area contributed by atoms with E-state index in [2.05, 4.69) is 29.6 Å². The summed E-state index contributed by atoms with van der Waals surface area (Å²) in [6.45, 7) is 0. The van der Waals surface area contributed by atoms with Gasteiger partial charge in [0.15, 0.2) is 0 Å². The van der Waals surface area contributed by atoms with E-state index in [1.165, 1.54) is 0 Å². The first-order valence-corrected chi connectivity index (χ1v) is 2.82. The summed E-state index contributed by atoms with van der Waals surface area (Å²) in [6.07, 6.45) is 3.36. The van der Waals surface area contributed by atoms with Crippen molar-refractivity contribution in [2.75, 3.05) is 0 Å². The summed E-state index contributed by atoms with van der Waals surface area (Å²) >= 11 is 0. The van der Waals surface area contributed by atoms with Gasteiger partial charge in [-0.25, -0.2) is 14.7 Å². The van der Waals surface area contributed by atoms with Crippen LogP contribution < -0.4 is 11.2 Å². The van der Waals surface area contributed by atoms with Crippen molar-refractivity contribution < 1.29 is 29.6 Å². The summed E-state index contributed by atoms with van der Waals surface area (Å²) < 4.78 is 0. The summed E-state index contributed by atoms with van der Waals surface area (Å²) in [5, 5.41) is 23.9. The molecule has 12 heteroatoms. The van der Waals surface area contributed by atoms with E-state index in [1.54, 1.807) is 11.2 Å². The molecular weight excluding hydrogens is 216 g/mol. The van der Waals surface area contributed by atoms with Crippen LogP contribution in [0.1, 0.15) is 0 Å². The van der Waals surface area contributed by atoms with E-state index < -0.39 is 0 Å². The third-order valence-corrected chi connectivity index (χ3v) is 0.547. The Balaban J connectivity index is 3.70. The molecule has 2 N–H and O–H groups in total. The van der Waals surface area contributed by atoms with E-state index >= 15 is 0 Å². The largest absolute Gasteiger partial charge is 0.327 e. The molecule has 0 bridgehead atoms. The molecule has 0 saturated carbocycles. The number of nitrogens with one attached hydrogen (secondary N) is 2. The number of hydrogen-bond donors (Lipinski definition) is 2. The van der Waals surface area contributed by atoms with Gasteiger partial charge >= 0.3 is 18.8 Å². The lowest BCUT2D eigenvalue weighted by Gasteiger charge is -2.13. The van der Waals surface area contributed by atoms with E-state index in [9.17, 15) is 0 Å². The highest BCUT2D eigenvalue weighted by molar-refractivity contribution is 4.37. The minimum Gasteiger partial charge on any atom is -0.234 e. The van der Waals surface area contributed by atoms with E-state index in [-0.39, 0.29) is 5.28 Å². The topological polar surface area (TPSA) is 154 Å². The second kappa shape index (κ2) is 9.72. The third-order valence-electron chi connectivity index (χ3n) is 0.547. The van der Waals surface area contributed by atoms with Crippen molar-refractivity contribution in [2.45, 2.75) is 0 Å². The summed E-state index contributed by atoms with van der Waals surface area (Å²) in [7, 11) is 0. The monoisotopic (exact) mass is 218 g/mol. The number of hydrazine groups is 2. The van der Waals surface area contributed by atoms with Crippen LogP contribution >= 0.6 is 0 Å². The molecular formula is C3H2N6O6. The van der Waals surface area contributed by atoms with Crippen LogP contribution in [-0.4, -0.2) is 5.28 Å². The minimum absolute atomic E-state index is 0.234. The molecule has 0 heterocycles. The van der Waals surface area contributed by atoms with E-state index in [1.807, 2.05) is 0 Å². The highest BCUT2D eigenvalue weighted by Gasteiger charge is 2.08. The zero-order valence-corrected chi connectivity index (χ0v) is 6.74. The first-order valence-electron chi connectivity index (χ1n) is 2.82. The fourth-order valence-corrected chi connectivity index (χ4v) is 0.245. The van der Waals surface area contributed by atoms with Gasteiger partial charge < -0.3 is 0 Å². The lowest BCUT2D eigenvalue weighted by atomic mass is 11.6. The highest BCUT2D eigenvalue weighted by atomic mass is 17.4. The molecule has 0 amide bonds. The van der Waals surface area contributed by atoms with E-state index in [0.29, 0.717) is 0 Å². The average Bonchev–Trinajstić information content (AvgIpc) is 2.25. The van der Waals surface area contributed by atoms with Gasteiger partial charge in [-0.2, -0.15) is 0 Å². The van der Waals surface area contributed by atoms with Crippen molar-refractivity contribution in [1.82, 2.24) is 16.5 Å². The second-order valence-electron chi connectivity index (χ2n) is 1.24. The molecule has 0 atom stereocenters. The first kappa shape index (κ1) is 12.6. The van der Waals surface area contributed by atoms with Crippen molar-refractivity contribution in [3.63, 3.8) is 0 Å². The van der Waals surface area contributed by atoms with Gasteiger partial charge in [0.05, 0.1) is 0 Å². The molecule has 0 spiro atoms. The molecule has 0 unspecified atom stereocenters. The second-order valence-corrected chi connectivity index (χ2v) is 1.24. The van der Waals surface area contributed by atoms with Crippen LogP contribution in [-0.2, 0) is 29.6 Å². The van der Waals surface area contributed by atoms with Crippen LogP contribution in [0.25, 0.3) is 0 Å². The van der Waals surface area contributed by atoms with Crippen LogP contribution in [0.5, 0.6) is 0 Å². The predicted octanol–water partition coefficient (Wildman–Crippen LogP) is -1.67. The molecule has 0 radical (unpaired) electrons. The van der Waals surface area contributed by atoms with Gasteiger partial charge in [0.1, 0.15) is 0 Å². The standard InChI is InChI=1S/C3H2N6O6/c4-1-10-13-7-9(15-12-3-6)8-14-11-2-5/h7-8H. The van der Waals surface area contributed by atoms with E-state index in [4.69, 9.17) is 15.8 Å². The number of nitrogens with zero attached hydrogens (tertiary/aromatic N) is 4. The van der Waals surface area contributed by atoms with Crippen LogP contribution in [0.2, 0.25) is 0 Å². The maximum Gasteiger partial charge on any atom is 0.327 e. The molecule has 0 rings (SSSR count). The molecule has 80 valence electrons. The van der Waals surface area contributed by atoms with E-state index in [0.717, 1.165) is 18.8 Å². The third kappa shape index (κ3) is 7.97. The average molecular weight is 218 g/mol. The number of rotatable bonds is 8. The fraction of sp³-hybridized carbons (Fsp3) is 0. The number of hydrogen-bond acceptors (Lipinski definition) is 12. The molecule has 0 aliphatic rings. The summed E-state index contributed by atoms with van der Waals surface area (Å²) in [5.74, 6) is 0. The molecule has 0 aromatic heterocycles. The molecule has 15 heavy (non-hydrogen) atoms. The smallest absolute Gasteiger partial charge is 0.234 e. The van der Waals surface area contributed by atoms with Crippen molar-refractivity contribution in [3.8, 4) is 18.8 Å². The Hall–Kier alpha value is -2.37. The normalized spacial score (nSPS) is 8.40. The van der Waals surface area contributed by atoms with Crippen LogP contribution in [0, 0.1) is 34.6 Å². The molecule has 0 aliphatic carbocycles. The predicted molar refractivity (Wildman–Crippen MR) is 31.5 cm³/mol. The summed E-state index contributed by atoms with van der Waals surface area (Å²) in [6, 6.07) is 0. The van der Waals surface area contributed by atoms with Gasteiger partial charge in [-0.1, -0.05) is 9.98 Å². The first-order chi connectivity index (χ1) is 7.35. The van der Waals surface area contributed by atoms with Crippen molar-refractivity contribution in [2.24, 2.45) is 0 Å². The Bertz CT molecular complexity index is 256.